The number of amides is 1. The lowest BCUT2D eigenvalue weighted by atomic mass is 9.98. The third kappa shape index (κ3) is 6.58. The number of tetrazole rings is 1. The van der Waals surface area contributed by atoms with Crippen LogP contribution in [-0.4, -0.2) is 64.4 Å². The first kappa shape index (κ1) is 28.4. The maximum Gasteiger partial charge on any atom is 0.334 e. The summed E-state index contributed by atoms with van der Waals surface area (Å²) in [6.45, 7) is 2.70. The van der Waals surface area contributed by atoms with Gasteiger partial charge in [0.25, 0.3) is 5.91 Å². The number of hydrogen-bond donors (Lipinski definition) is 4. The van der Waals surface area contributed by atoms with E-state index < -0.39 is 24.0 Å². The fourth-order valence-electron chi connectivity index (χ4n) is 4.85. The van der Waals surface area contributed by atoms with Gasteiger partial charge in [0, 0.05) is 24.7 Å². The summed E-state index contributed by atoms with van der Waals surface area (Å²) in [7, 11) is 0. The van der Waals surface area contributed by atoms with Gasteiger partial charge in [-0.1, -0.05) is 85.8 Å². The first-order valence-corrected chi connectivity index (χ1v) is 13.7. The number of nitrogens with one attached hydrogen (secondary N) is 2. The number of imidazole rings is 1. The molecule has 0 aliphatic carbocycles. The first-order chi connectivity index (χ1) is 20.4. The summed E-state index contributed by atoms with van der Waals surface area (Å²) < 4.78 is 1.94. The van der Waals surface area contributed by atoms with Crippen molar-refractivity contribution in [1.29, 1.82) is 0 Å². The minimum atomic E-state index is -1.77. The molecular formula is C31H31N7O4. The molecule has 11 nitrogen and oxygen atoms in total. The van der Waals surface area contributed by atoms with E-state index in [1.807, 2.05) is 90.4 Å². The second-order valence-electron chi connectivity index (χ2n) is 9.94. The van der Waals surface area contributed by atoms with E-state index in [0.29, 0.717) is 24.6 Å². The van der Waals surface area contributed by atoms with Crippen molar-refractivity contribution in [1.82, 2.24) is 35.5 Å². The Morgan fingerprint density at radius 1 is 0.952 bits per heavy atom. The zero-order valence-corrected chi connectivity index (χ0v) is 23.0. The van der Waals surface area contributed by atoms with Crippen molar-refractivity contribution < 1.29 is 19.8 Å². The van der Waals surface area contributed by atoms with E-state index in [4.69, 9.17) is 0 Å². The number of aromatic amines is 1. The Labute approximate surface area is 242 Å². The summed E-state index contributed by atoms with van der Waals surface area (Å²) in [5.74, 6) is -0.721. The number of carboxylic acid groups (broad SMARTS) is 1. The smallest absolute Gasteiger partial charge is 0.334 e. The Morgan fingerprint density at radius 3 is 2.33 bits per heavy atom. The second kappa shape index (κ2) is 13.0. The number of aliphatic carboxylic acids is 1. The number of carbonyl (C=O) groups is 2. The van der Waals surface area contributed by atoms with Crippen molar-refractivity contribution in [2.24, 2.45) is 0 Å². The molecule has 4 N–H and O–H groups in total. The zero-order chi connectivity index (χ0) is 29.5. The van der Waals surface area contributed by atoms with E-state index in [0.717, 1.165) is 34.2 Å². The lowest BCUT2D eigenvalue weighted by molar-refractivity contribution is -0.148. The molecule has 2 heterocycles. The number of nitrogens with zero attached hydrogens (tertiary/aromatic N) is 5. The van der Waals surface area contributed by atoms with Crippen LogP contribution in [0.4, 0.5) is 0 Å². The number of aryl methyl sites for hydroxylation is 1. The van der Waals surface area contributed by atoms with Crippen LogP contribution in [0, 0.1) is 0 Å². The summed E-state index contributed by atoms with van der Waals surface area (Å²) in [6.07, 6.45) is 1.40. The van der Waals surface area contributed by atoms with Crippen molar-refractivity contribution in [2.75, 3.05) is 0 Å². The number of benzene rings is 3. The minimum Gasteiger partial charge on any atom is -0.479 e. The molecule has 0 fully saturated rings. The van der Waals surface area contributed by atoms with E-state index in [2.05, 4.69) is 30.9 Å². The number of aliphatic hydroxyl groups is 1. The number of aliphatic hydroxyl groups excluding tert-OH is 1. The van der Waals surface area contributed by atoms with Gasteiger partial charge in [0.2, 0.25) is 5.82 Å². The molecule has 0 aliphatic rings. The fourth-order valence-corrected chi connectivity index (χ4v) is 4.85. The predicted octanol–water partition coefficient (Wildman–Crippen LogP) is 3.52. The van der Waals surface area contributed by atoms with Crippen molar-refractivity contribution in [2.45, 2.75) is 44.9 Å². The Hall–Kier alpha value is -5.16. The standard InChI is InChI=1S/C31H31N7O4/c1-2-16-38-19-26(30(40)33-25(28(39)31(41)42)17-20-8-4-3-5-9-20)32-27(38)18-21-12-14-22(15-13-21)23-10-6-7-11-24(23)29-34-36-37-35-29/h3-15,19,25,28,39H,2,16-18H2,1H3,(H,33,40)(H,41,42)(H,34,35,36,37)/t25-,28-/m1/s1. The van der Waals surface area contributed by atoms with Crippen LogP contribution < -0.4 is 5.32 Å². The highest BCUT2D eigenvalue weighted by Gasteiger charge is 2.29. The molecule has 2 atom stereocenters. The molecule has 5 aromatic rings. The average molecular weight is 566 g/mol. The zero-order valence-electron chi connectivity index (χ0n) is 23.0. The van der Waals surface area contributed by atoms with E-state index in [1.54, 1.807) is 6.20 Å². The van der Waals surface area contributed by atoms with Gasteiger partial charge >= 0.3 is 5.97 Å². The predicted molar refractivity (Wildman–Crippen MR) is 155 cm³/mol. The van der Waals surface area contributed by atoms with Gasteiger partial charge in [-0.2, -0.15) is 5.21 Å². The highest BCUT2D eigenvalue weighted by Crippen LogP contribution is 2.30. The summed E-state index contributed by atoms with van der Waals surface area (Å²) in [5, 5.41) is 36.8. The Bertz CT molecular complexity index is 1630. The molecular weight excluding hydrogens is 534 g/mol. The summed E-state index contributed by atoms with van der Waals surface area (Å²) >= 11 is 0. The van der Waals surface area contributed by atoms with Gasteiger partial charge < -0.3 is 20.1 Å². The molecule has 0 saturated heterocycles. The van der Waals surface area contributed by atoms with Gasteiger partial charge in [-0.25, -0.2) is 9.78 Å². The SMILES string of the molecule is CCCn1cc(C(=O)N[C@H](Cc2ccccc2)[C@@H](O)C(=O)O)nc1Cc1ccc(-c2ccccc2-c2nn[nH]n2)cc1. The molecule has 214 valence electrons. The number of carboxylic acids is 1. The lowest BCUT2D eigenvalue weighted by Crippen LogP contribution is -2.48. The average Bonchev–Trinajstić information content (AvgIpc) is 3.68. The largest absolute Gasteiger partial charge is 0.479 e. The van der Waals surface area contributed by atoms with Gasteiger partial charge in [0.05, 0.1) is 6.04 Å². The fraction of sp³-hybridized carbons (Fsp3) is 0.226. The van der Waals surface area contributed by atoms with Gasteiger partial charge in [0.15, 0.2) is 6.10 Å². The highest BCUT2D eigenvalue weighted by atomic mass is 16.4. The molecule has 42 heavy (non-hydrogen) atoms. The number of carbonyl (C=O) groups excluding carboxylic acids is 1. The van der Waals surface area contributed by atoms with Crippen molar-refractivity contribution in [3.8, 4) is 22.5 Å². The highest BCUT2D eigenvalue weighted by molar-refractivity contribution is 5.93. The summed E-state index contributed by atoms with van der Waals surface area (Å²) in [5.41, 5.74) is 4.81. The molecule has 0 unspecified atom stereocenters. The van der Waals surface area contributed by atoms with Crippen LogP contribution in [0.1, 0.15) is 40.8 Å². The Morgan fingerprint density at radius 2 is 1.67 bits per heavy atom. The minimum absolute atomic E-state index is 0.158. The van der Waals surface area contributed by atoms with Crippen molar-refractivity contribution in [3.05, 3.63) is 108 Å². The number of rotatable bonds is 12. The Balaban J connectivity index is 1.34. The number of hydrogen-bond acceptors (Lipinski definition) is 7. The molecule has 0 aliphatic heterocycles. The van der Waals surface area contributed by atoms with E-state index in [1.165, 1.54) is 0 Å². The first-order valence-electron chi connectivity index (χ1n) is 13.7. The van der Waals surface area contributed by atoms with Gasteiger partial charge in [0.1, 0.15) is 11.5 Å². The monoisotopic (exact) mass is 565 g/mol. The van der Waals surface area contributed by atoms with Crippen molar-refractivity contribution >= 4 is 11.9 Å². The molecule has 0 radical (unpaired) electrons. The van der Waals surface area contributed by atoms with Crippen LogP contribution in [0.2, 0.25) is 0 Å². The molecule has 0 bridgehead atoms. The Kier molecular flexibility index (Phi) is 8.78. The molecule has 0 spiro atoms. The summed E-state index contributed by atoms with van der Waals surface area (Å²) in [6, 6.07) is 24.0. The van der Waals surface area contributed by atoms with Crippen LogP contribution in [0.5, 0.6) is 0 Å². The van der Waals surface area contributed by atoms with E-state index in [9.17, 15) is 19.8 Å². The summed E-state index contributed by atoms with van der Waals surface area (Å²) in [4.78, 5) is 29.4. The van der Waals surface area contributed by atoms with Crippen LogP contribution in [-0.2, 0) is 24.2 Å². The van der Waals surface area contributed by atoms with Crippen LogP contribution in [0.25, 0.3) is 22.5 Å². The molecule has 3 aromatic carbocycles. The maximum atomic E-state index is 13.2. The normalized spacial score (nSPS) is 12.5. The second-order valence-corrected chi connectivity index (χ2v) is 9.94. The van der Waals surface area contributed by atoms with Crippen molar-refractivity contribution in [3.63, 3.8) is 0 Å². The molecule has 11 heteroatoms. The molecule has 0 saturated carbocycles. The number of H-pyrrole nitrogens is 1. The quantitative estimate of drug-likeness (QED) is 0.179. The lowest BCUT2D eigenvalue weighted by Gasteiger charge is -2.21. The van der Waals surface area contributed by atoms with Gasteiger partial charge in [-0.05, 0) is 40.3 Å². The van der Waals surface area contributed by atoms with Gasteiger partial charge in [-0.3, -0.25) is 4.79 Å². The van der Waals surface area contributed by atoms with Gasteiger partial charge in [-0.15, -0.1) is 10.2 Å². The number of aromatic nitrogens is 6. The molecule has 5 rings (SSSR count). The molecule has 2 aromatic heterocycles. The topological polar surface area (TPSA) is 159 Å². The third-order valence-corrected chi connectivity index (χ3v) is 6.95. The molecule has 1 amide bonds. The van der Waals surface area contributed by atoms with Crippen LogP contribution >= 0.6 is 0 Å². The van der Waals surface area contributed by atoms with E-state index in [-0.39, 0.29) is 12.1 Å². The third-order valence-electron chi connectivity index (χ3n) is 6.95. The van der Waals surface area contributed by atoms with E-state index >= 15 is 0 Å². The van der Waals surface area contributed by atoms with Crippen LogP contribution in [0.15, 0.2) is 85.1 Å². The maximum absolute atomic E-state index is 13.2. The van der Waals surface area contributed by atoms with Crippen LogP contribution in [0.3, 0.4) is 0 Å².